The van der Waals surface area contributed by atoms with Gasteiger partial charge in [0.2, 0.25) is 17.6 Å². The van der Waals surface area contributed by atoms with Crippen LogP contribution in [0.4, 0.5) is 0 Å². The van der Waals surface area contributed by atoms with E-state index in [1.54, 1.807) is 20.3 Å². The lowest BCUT2D eigenvalue weighted by Crippen LogP contribution is -2.37. The number of aromatic nitrogens is 2. The van der Waals surface area contributed by atoms with Crippen molar-refractivity contribution in [3.63, 3.8) is 0 Å². The Hall–Kier alpha value is -2.57. The van der Waals surface area contributed by atoms with Crippen molar-refractivity contribution in [2.45, 2.75) is 47.5 Å². The lowest BCUT2D eigenvalue weighted by atomic mass is 9.91. The first-order valence-electron chi connectivity index (χ1n) is 9.95. The molecular weight excluding hydrogens is 370 g/mol. The van der Waals surface area contributed by atoms with Crippen molar-refractivity contribution in [3.05, 3.63) is 24.1 Å². The van der Waals surface area contributed by atoms with E-state index in [0.717, 1.165) is 5.56 Å². The molecule has 7 nitrogen and oxygen atoms in total. The molecule has 1 heterocycles. The van der Waals surface area contributed by atoms with Gasteiger partial charge in [-0.2, -0.15) is 4.98 Å². The highest BCUT2D eigenvalue weighted by Gasteiger charge is 2.22. The van der Waals surface area contributed by atoms with Gasteiger partial charge in [0, 0.05) is 37.6 Å². The molecule has 7 heteroatoms. The van der Waals surface area contributed by atoms with Gasteiger partial charge in [-0.3, -0.25) is 4.79 Å². The number of hydrogen-bond acceptors (Lipinski definition) is 6. The number of carbonyl (C=O) groups excluding carboxylic acids is 1. The summed E-state index contributed by atoms with van der Waals surface area (Å²) in [5, 5.41) is 4.08. The molecule has 0 bridgehead atoms. The molecule has 0 unspecified atom stereocenters. The lowest BCUT2D eigenvalue weighted by molar-refractivity contribution is -0.133. The van der Waals surface area contributed by atoms with Gasteiger partial charge in [0.25, 0.3) is 0 Å². The molecule has 1 aromatic carbocycles. The van der Waals surface area contributed by atoms with Crippen molar-refractivity contribution in [1.82, 2.24) is 15.0 Å². The van der Waals surface area contributed by atoms with Crippen LogP contribution in [0.15, 0.2) is 22.7 Å². The van der Waals surface area contributed by atoms with Gasteiger partial charge >= 0.3 is 0 Å². The first kappa shape index (κ1) is 22.7. The molecule has 1 amide bonds. The van der Waals surface area contributed by atoms with Crippen molar-refractivity contribution in [1.29, 1.82) is 0 Å². The monoisotopic (exact) mass is 403 g/mol. The van der Waals surface area contributed by atoms with Crippen LogP contribution in [0, 0.1) is 11.3 Å². The Morgan fingerprint density at radius 2 is 1.76 bits per heavy atom. The highest BCUT2D eigenvalue weighted by atomic mass is 16.5. The summed E-state index contributed by atoms with van der Waals surface area (Å²) in [5.41, 5.74) is 0.703. The molecule has 0 aliphatic rings. The van der Waals surface area contributed by atoms with Crippen molar-refractivity contribution < 1.29 is 18.8 Å². The fraction of sp³-hybridized carbons (Fsp3) is 0.591. The van der Waals surface area contributed by atoms with E-state index in [-0.39, 0.29) is 11.3 Å². The first-order chi connectivity index (χ1) is 13.6. The van der Waals surface area contributed by atoms with E-state index in [0.29, 0.717) is 55.1 Å². The number of carbonyl (C=O) groups is 1. The average molecular weight is 404 g/mol. The quantitative estimate of drug-likeness (QED) is 0.624. The minimum atomic E-state index is -0.0462. The third-order valence-electron chi connectivity index (χ3n) is 4.29. The van der Waals surface area contributed by atoms with Crippen molar-refractivity contribution in [2.75, 3.05) is 27.3 Å². The number of hydrogen-bond donors (Lipinski definition) is 0. The van der Waals surface area contributed by atoms with E-state index in [2.05, 4.69) is 44.8 Å². The number of rotatable bonds is 9. The molecule has 0 atom stereocenters. The number of ether oxygens (including phenoxy) is 2. The summed E-state index contributed by atoms with van der Waals surface area (Å²) in [6.07, 6.45) is 1.02. The van der Waals surface area contributed by atoms with Crippen LogP contribution in [0.1, 0.15) is 46.9 Å². The molecule has 0 spiro atoms. The molecule has 0 saturated heterocycles. The topological polar surface area (TPSA) is 77.7 Å². The zero-order valence-electron chi connectivity index (χ0n) is 18.6. The van der Waals surface area contributed by atoms with Crippen LogP contribution in [-0.2, 0) is 11.2 Å². The van der Waals surface area contributed by atoms with Gasteiger partial charge in [-0.05, 0) is 23.5 Å². The maximum Gasteiger partial charge on any atom is 0.228 e. The Labute approximate surface area is 173 Å². The summed E-state index contributed by atoms with van der Waals surface area (Å²) in [6, 6.07) is 5.44. The Morgan fingerprint density at radius 3 is 2.28 bits per heavy atom. The van der Waals surface area contributed by atoms with E-state index < -0.39 is 0 Å². The molecule has 29 heavy (non-hydrogen) atoms. The van der Waals surface area contributed by atoms with Gasteiger partial charge in [-0.1, -0.05) is 39.8 Å². The zero-order chi connectivity index (χ0) is 21.6. The molecule has 1 aromatic heterocycles. The van der Waals surface area contributed by atoms with Gasteiger partial charge in [-0.25, -0.2) is 0 Å². The smallest absolute Gasteiger partial charge is 0.228 e. The molecule has 0 saturated carbocycles. The van der Waals surface area contributed by atoms with Crippen LogP contribution in [0.3, 0.4) is 0 Å². The molecule has 160 valence electrons. The molecule has 2 rings (SSSR count). The highest BCUT2D eigenvalue weighted by molar-refractivity contribution is 5.76. The minimum absolute atomic E-state index is 0.0462. The molecule has 2 aromatic rings. The van der Waals surface area contributed by atoms with Crippen LogP contribution in [0.25, 0.3) is 11.4 Å². The molecule has 0 aliphatic heterocycles. The van der Waals surface area contributed by atoms with Crippen molar-refractivity contribution in [3.8, 4) is 22.9 Å². The van der Waals surface area contributed by atoms with Gasteiger partial charge in [0.15, 0.2) is 0 Å². The molecule has 0 aliphatic carbocycles. The van der Waals surface area contributed by atoms with Crippen LogP contribution >= 0.6 is 0 Å². The number of methoxy groups -OCH3 is 2. The largest absolute Gasteiger partial charge is 0.497 e. The van der Waals surface area contributed by atoms with Gasteiger partial charge in [0.05, 0.1) is 14.2 Å². The van der Waals surface area contributed by atoms with Crippen molar-refractivity contribution >= 4 is 5.91 Å². The standard InChI is InChI=1S/C22H33N3O4/c1-15(2)14-25(20(26)13-22(3,4)5)9-8-19-23-21(24-29-19)16-10-17(27-6)12-18(11-16)28-7/h10-12,15H,8-9,13-14H2,1-7H3. The SMILES string of the molecule is COc1cc(OC)cc(-c2noc(CCN(CC(C)C)C(=O)CC(C)(C)C)n2)c1. The van der Waals surface area contributed by atoms with Gasteiger partial charge in [-0.15, -0.1) is 0 Å². The van der Waals surface area contributed by atoms with Gasteiger partial charge in [0.1, 0.15) is 11.5 Å². The summed E-state index contributed by atoms with van der Waals surface area (Å²) < 4.78 is 16.0. The minimum Gasteiger partial charge on any atom is -0.497 e. The molecular formula is C22H33N3O4. The van der Waals surface area contributed by atoms with E-state index in [1.165, 1.54) is 0 Å². The van der Waals surface area contributed by atoms with E-state index >= 15 is 0 Å². The Morgan fingerprint density at radius 1 is 1.14 bits per heavy atom. The highest BCUT2D eigenvalue weighted by Crippen LogP contribution is 2.28. The van der Waals surface area contributed by atoms with E-state index in [1.807, 2.05) is 17.0 Å². The predicted octanol–water partition coefficient (Wildman–Crippen LogP) is 4.22. The second-order valence-electron chi connectivity index (χ2n) is 8.83. The third kappa shape index (κ3) is 7.07. The third-order valence-corrected chi connectivity index (χ3v) is 4.29. The zero-order valence-corrected chi connectivity index (χ0v) is 18.6. The number of benzene rings is 1. The Bertz CT molecular complexity index is 786. The summed E-state index contributed by atoms with van der Waals surface area (Å²) >= 11 is 0. The predicted molar refractivity (Wildman–Crippen MR) is 112 cm³/mol. The van der Waals surface area contributed by atoms with Crippen LogP contribution in [0.2, 0.25) is 0 Å². The summed E-state index contributed by atoms with van der Waals surface area (Å²) in [4.78, 5) is 19.1. The lowest BCUT2D eigenvalue weighted by Gasteiger charge is -2.27. The maximum absolute atomic E-state index is 12.7. The van der Waals surface area contributed by atoms with Crippen molar-refractivity contribution in [2.24, 2.45) is 11.3 Å². The number of nitrogens with zero attached hydrogens (tertiary/aromatic N) is 3. The van der Waals surface area contributed by atoms with Gasteiger partial charge < -0.3 is 18.9 Å². The van der Waals surface area contributed by atoms with Crippen LogP contribution in [0.5, 0.6) is 11.5 Å². The Balaban J connectivity index is 2.11. The molecule has 0 radical (unpaired) electrons. The second-order valence-corrected chi connectivity index (χ2v) is 8.83. The first-order valence-corrected chi connectivity index (χ1v) is 9.95. The number of amides is 1. The fourth-order valence-corrected chi connectivity index (χ4v) is 2.96. The molecule has 0 N–H and O–H groups in total. The summed E-state index contributed by atoms with van der Waals surface area (Å²) in [7, 11) is 3.19. The van der Waals surface area contributed by atoms with Crippen LogP contribution < -0.4 is 9.47 Å². The Kier molecular flexibility index (Phi) is 7.65. The summed E-state index contributed by atoms with van der Waals surface area (Å²) in [5.74, 6) is 2.82. The van der Waals surface area contributed by atoms with Crippen LogP contribution in [-0.4, -0.2) is 48.3 Å². The summed E-state index contributed by atoms with van der Waals surface area (Å²) in [6.45, 7) is 11.7. The normalized spacial score (nSPS) is 11.6. The van der Waals surface area contributed by atoms with E-state index in [4.69, 9.17) is 14.0 Å². The fourth-order valence-electron chi connectivity index (χ4n) is 2.96. The van der Waals surface area contributed by atoms with E-state index in [9.17, 15) is 4.79 Å². The maximum atomic E-state index is 12.7. The average Bonchev–Trinajstić information content (AvgIpc) is 3.12. The second kappa shape index (κ2) is 9.76. The molecule has 0 fully saturated rings.